The fraction of sp³-hybridized carbons (Fsp3) is 0.400. The zero-order chi connectivity index (χ0) is 10.7. The molecular formula is C10H14N4S. The molecule has 0 bridgehead atoms. The average molecular weight is 222 g/mol. The Hall–Kier alpha value is -1.36. The van der Waals surface area contributed by atoms with Crippen molar-refractivity contribution in [2.45, 2.75) is 19.9 Å². The van der Waals surface area contributed by atoms with Gasteiger partial charge in [0, 0.05) is 36.9 Å². The van der Waals surface area contributed by atoms with E-state index in [1.54, 1.807) is 17.5 Å². The molecule has 0 saturated heterocycles. The van der Waals surface area contributed by atoms with Crippen molar-refractivity contribution < 1.29 is 0 Å². The smallest absolute Gasteiger partial charge is 0.182 e. The molecule has 2 heterocycles. The quantitative estimate of drug-likeness (QED) is 0.861. The second-order valence-corrected chi connectivity index (χ2v) is 4.21. The molecule has 0 spiro atoms. The summed E-state index contributed by atoms with van der Waals surface area (Å²) in [6, 6.07) is 0. The first kappa shape index (κ1) is 10.2. The molecule has 2 aromatic rings. The molecule has 0 aliphatic rings. The summed E-state index contributed by atoms with van der Waals surface area (Å²) >= 11 is 1.61. The monoisotopic (exact) mass is 222 g/mol. The Kier molecular flexibility index (Phi) is 3.01. The maximum absolute atomic E-state index is 4.39. The number of anilines is 1. The predicted octanol–water partition coefficient (Wildman–Crippen LogP) is 2.05. The number of aromatic nitrogens is 3. The van der Waals surface area contributed by atoms with Gasteiger partial charge in [0.25, 0.3) is 0 Å². The minimum atomic E-state index is 0.796. The predicted molar refractivity (Wildman–Crippen MR) is 62.0 cm³/mol. The van der Waals surface area contributed by atoms with Crippen LogP contribution in [0, 0.1) is 0 Å². The number of aryl methyl sites for hydroxylation is 2. The van der Waals surface area contributed by atoms with Gasteiger partial charge in [0.05, 0.1) is 5.69 Å². The Morgan fingerprint density at radius 1 is 1.53 bits per heavy atom. The van der Waals surface area contributed by atoms with Crippen molar-refractivity contribution in [1.29, 1.82) is 0 Å². The molecule has 0 unspecified atom stereocenters. The summed E-state index contributed by atoms with van der Waals surface area (Å²) in [5, 5.41) is 10.6. The van der Waals surface area contributed by atoms with Crippen LogP contribution in [0.5, 0.6) is 0 Å². The zero-order valence-corrected chi connectivity index (χ0v) is 9.71. The van der Waals surface area contributed by atoms with Crippen LogP contribution in [0.1, 0.15) is 18.2 Å². The number of hydrogen-bond acceptors (Lipinski definition) is 4. The van der Waals surface area contributed by atoms with Gasteiger partial charge in [-0.05, 0) is 6.42 Å². The molecule has 80 valence electrons. The first-order chi connectivity index (χ1) is 7.29. The van der Waals surface area contributed by atoms with Crippen molar-refractivity contribution in [2.75, 3.05) is 5.32 Å². The molecule has 0 aliphatic heterocycles. The van der Waals surface area contributed by atoms with Crippen molar-refractivity contribution in [1.82, 2.24) is 14.8 Å². The summed E-state index contributed by atoms with van der Waals surface area (Å²) in [6.45, 7) is 2.92. The Bertz CT molecular complexity index is 419. The van der Waals surface area contributed by atoms with Gasteiger partial charge in [-0.25, -0.2) is 4.98 Å². The van der Waals surface area contributed by atoms with Gasteiger partial charge < -0.3 is 5.32 Å². The summed E-state index contributed by atoms with van der Waals surface area (Å²) in [4.78, 5) is 4.17. The summed E-state index contributed by atoms with van der Waals surface area (Å²) < 4.78 is 1.86. The van der Waals surface area contributed by atoms with E-state index in [1.165, 1.54) is 5.56 Å². The van der Waals surface area contributed by atoms with E-state index in [0.29, 0.717) is 0 Å². The van der Waals surface area contributed by atoms with Gasteiger partial charge in [-0.15, -0.1) is 11.3 Å². The Morgan fingerprint density at radius 2 is 2.40 bits per heavy atom. The van der Waals surface area contributed by atoms with Crippen molar-refractivity contribution in [3.8, 4) is 0 Å². The maximum Gasteiger partial charge on any atom is 0.182 e. The fourth-order valence-electron chi connectivity index (χ4n) is 1.51. The van der Waals surface area contributed by atoms with Crippen LogP contribution in [0.25, 0.3) is 0 Å². The van der Waals surface area contributed by atoms with Gasteiger partial charge in [-0.1, -0.05) is 6.92 Å². The van der Waals surface area contributed by atoms with E-state index in [1.807, 2.05) is 17.1 Å². The lowest BCUT2D eigenvalue weighted by Gasteiger charge is -2.01. The lowest BCUT2D eigenvalue weighted by Crippen LogP contribution is -2.00. The van der Waals surface area contributed by atoms with E-state index in [-0.39, 0.29) is 0 Å². The SMILES string of the molecule is CCc1nn(C)cc1CNc1nccs1. The van der Waals surface area contributed by atoms with Gasteiger partial charge >= 0.3 is 0 Å². The normalized spacial score (nSPS) is 10.5. The minimum absolute atomic E-state index is 0.796. The van der Waals surface area contributed by atoms with E-state index < -0.39 is 0 Å². The Morgan fingerprint density at radius 3 is 3.07 bits per heavy atom. The Balaban J connectivity index is 2.04. The zero-order valence-electron chi connectivity index (χ0n) is 8.90. The van der Waals surface area contributed by atoms with Crippen LogP contribution in [-0.2, 0) is 20.0 Å². The van der Waals surface area contributed by atoms with E-state index >= 15 is 0 Å². The molecule has 0 radical (unpaired) electrons. The third-order valence-electron chi connectivity index (χ3n) is 2.19. The lowest BCUT2D eigenvalue weighted by molar-refractivity contribution is 0.746. The first-order valence-electron chi connectivity index (χ1n) is 4.94. The van der Waals surface area contributed by atoms with Crippen LogP contribution < -0.4 is 5.32 Å². The van der Waals surface area contributed by atoms with E-state index in [4.69, 9.17) is 0 Å². The summed E-state index contributed by atoms with van der Waals surface area (Å²) in [5.41, 5.74) is 2.40. The molecule has 4 nitrogen and oxygen atoms in total. The second kappa shape index (κ2) is 4.44. The highest BCUT2D eigenvalue weighted by Crippen LogP contribution is 2.14. The van der Waals surface area contributed by atoms with Crippen LogP contribution in [0.3, 0.4) is 0 Å². The second-order valence-electron chi connectivity index (χ2n) is 3.32. The molecule has 0 aromatic carbocycles. The lowest BCUT2D eigenvalue weighted by atomic mass is 10.2. The highest BCUT2D eigenvalue weighted by Gasteiger charge is 2.05. The number of nitrogens with one attached hydrogen (secondary N) is 1. The number of hydrogen-bond donors (Lipinski definition) is 1. The topological polar surface area (TPSA) is 42.7 Å². The first-order valence-corrected chi connectivity index (χ1v) is 5.82. The van der Waals surface area contributed by atoms with Crippen molar-refractivity contribution in [2.24, 2.45) is 7.05 Å². The summed E-state index contributed by atoms with van der Waals surface area (Å²) in [7, 11) is 1.95. The van der Waals surface area contributed by atoms with Crippen molar-refractivity contribution in [3.05, 3.63) is 29.0 Å². The fourth-order valence-corrected chi connectivity index (χ4v) is 2.04. The van der Waals surface area contributed by atoms with E-state index in [2.05, 4.69) is 28.5 Å². The van der Waals surface area contributed by atoms with Crippen molar-refractivity contribution in [3.63, 3.8) is 0 Å². The van der Waals surface area contributed by atoms with Gasteiger partial charge in [0.15, 0.2) is 5.13 Å². The number of rotatable bonds is 4. The molecule has 5 heteroatoms. The van der Waals surface area contributed by atoms with Crippen LogP contribution in [0.2, 0.25) is 0 Å². The molecule has 2 aromatic heterocycles. The summed E-state index contributed by atoms with van der Waals surface area (Å²) in [6.07, 6.45) is 4.83. The minimum Gasteiger partial charge on any atom is -0.357 e. The van der Waals surface area contributed by atoms with Gasteiger partial charge in [-0.3, -0.25) is 4.68 Å². The molecule has 0 fully saturated rings. The number of thiazole rings is 1. The van der Waals surface area contributed by atoms with Gasteiger partial charge in [0.2, 0.25) is 0 Å². The Labute approximate surface area is 93.0 Å². The standard InChI is InChI=1S/C10H14N4S/c1-3-9-8(7-14(2)13-9)6-12-10-11-4-5-15-10/h4-5,7H,3,6H2,1-2H3,(H,11,12). The molecule has 0 amide bonds. The highest BCUT2D eigenvalue weighted by atomic mass is 32.1. The van der Waals surface area contributed by atoms with Crippen LogP contribution >= 0.6 is 11.3 Å². The van der Waals surface area contributed by atoms with Crippen molar-refractivity contribution >= 4 is 16.5 Å². The number of nitrogens with zero attached hydrogens (tertiary/aromatic N) is 3. The van der Waals surface area contributed by atoms with Crippen LogP contribution in [0.15, 0.2) is 17.8 Å². The maximum atomic E-state index is 4.39. The molecule has 0 aliphatic carbocycles. The average Bonchev–Trinajstić information content (AvgIpc) is 2.83. The molecule has 0 atom stereocenters. The van der Waals surface area contributed by atoms with Gasteiger partial charge in [-0.2, -0.15) is 5.10 Å². The van der Waals surface area contributed by atoms with E-state index in [0.717, 1.165) is 23.8 Å². The highest BCUT2D eigenvalue weighted by molar-refractivity contribution is 7.13. The molecule has 1 N–H and O–H groups in total. The molecule has 0 saturated carbocycles. The summed E-state index contributed by atoms with van der Waals surface area (Å²) in [5.74, 6) is 0. The molecule has 15 heavy (non-hydrogen) atoms. The largest absolute Gasteiger partial charge is 0.357 e. The van der Waals surface area contributed by atoms with Gasteiger partial charge in [0.1, 0.15) is 0 Å². The third kappa shape index (κ3) is 2.36. The molecule has 2 rings (SSSR count). The van der Waals surface area contributed by atoms with E-state index in [9.17, 15) is 0 Å². The van der Waals surface area contributed by atoms with Crippen LogP contribution in [0.4, 0.5) is 5.13 Å². The van der Waals surface area contributed by atoms with Crippen LogP contribution in [-0.4, -0.2) is 14.8 Å². The molecular weight excluding hydrogens is 208 g/mol. The third-order valence-corrected chi connectivity index (χ3v) is 2.92.